The number of sulfonamides is 1. The molecule has 2 aromatic carbocycles. The summed E-state index contributed by atoms with van der Waals surface area (Å²) in [5.41, 5.74) is 1.31. The lowest BCUT2D eigenvalue weighted by molar-refractivity contribution is -0.121. The highest BCUT2D eigenvalue weighted by atomic mass is 32.2. The van der Waals surface area contributed by atoms with Crippen molar-refractivity contribution >= 4 is 26.7 Å². The van der Waals surface area contributed by atoms with E-state index < -0.39 is 27.4 Å². The topological polar surface area (TPSA) is 96.1 Å². The van der Waals surface area contributed by atoms with Gasteiger partial charge in [-0.2, -0.15) is 0 Å². The normalized spacial score (nSPS) is 12.9. The van der Waals surface area contributed by atoms with Crippen molar-refractivity contribution in [3.8, 4) is 11.3 Å². The number of aromatic amines is 1. The molecule has 0 radical (unpaired) electrons. The largest absolute Gasteiger partial charge is 0.322 e. The zero-order chi connectivity index (χ0) is 20.5. The Balaban J connectivity index is 2.00. The predicted molar refractivity (Wildman–Crippen MR) is 111 cm³/mol. The molecule has 3 rings (SSSR count). The Morgan fingerprint density at radius 3 is 2.29 bits per heavy atom. The molecule has 146 valence electrons. The number of nitrogens with one attached hydrogen (secondary N) is 2. The molecule has 3 aromatic rings. The maximum Gasteiger partial charge on any atom is 0.252 e. The highest BCUT2D eigenvalue weighted by Crippen LogP contribution is 2.26. The van der Waals surface area contributed by atoms with Gasteiger partial charge in [0.15, 0.2) is 0 Å². The van der Waals surface area contributed by atoms with Crippen molar-refractivity contribution in [1.29, 1.82) is 0 Å². The van der Waals surface area contributed by atoms with Gasteiger partial charge < -0.3 is 4.98 Å². The Labute approximate surface area is 163 Å². The van der Waals surface area contributed by atoms with Gasteiger partial charge in [0.2, 0.25) is 15.9 Å². The number of carbonyl (C=O) groups excluding carboxylic acids is 1. The van der Waals surface area contributed by atoms with Gasteiger partial charge in [0.1, 0.15) is 0 Å². The first-order valence-corrected chi connectivity index (χ1v) is 10.8. The molecular weight excluding hydrogens is 376 g/mol. The fraction of sp³-hybridized carbons (Fsp3) is 0.238. The molecule has 0 bridgehead atoms. The van der Waals surface area contributed by atoms with Gasteiger partial charge in [-0.05, 0) is 34.4 Å². The van der Waals surface area contributed by atoms with Crippen molar-refractivity contribution in [3.05, 3.63) is 70.5 Å². The lowest BCUT2D eigenvalue weighted by Gasteiger charge is -2.19. The van der Waals surface area contributed by atoms with Crippen LogP contribution in [0.5, 0.6) is 0 Å². The summed E-state index contributed by atoms with van der Waals surface area (Å²) in [7, 11) is -3.71. The van der Waals surface area contributed by atoms with Gasteiger partial charge in [-0.15, -0.1) is 0 Å². The first-order chi connectivity index (χ1) is 13.2. The summed E-state index contributed by atoms with van der Waals surface area (Å²) >= 11 is 0. The molecule has 0 saturated heterocycles. The molecule has 1 unspecified atom stereocenters. The summed E-state index contributed by atoms with van der Waals surface area (Å²) in [4.78, 5) is 27.9. The van der Waals surface area contributed by atoms with E-state index in [1.807, 2.05) is 47.2 Å². The Hall–Kier alpha value is -2.93. The number of rotatable bonds is 5. The summed E-state index contributed by atoms with van der Waals surface area (Å²) in [6.07, 6.45) is 0.912. The van der Waals surface area contributed by atoms with Gasteiger partial charge in [0, 0.05) is 11.3 Å². The van der Waals surface area contributed by atoms with Crippen LogP contribution in [0.1, 0.15) is 25.3 Å². The van der Waals surface area contributed by atoms with E-state index in [4.69, 9.17) is 0 Å². The third-order valence-electron chi connectivity index (χ3n) is 4.57. The number of carbonyl (C=O) groups is 1. The summed E-state index contributed by atoms with van der Waals surface area (Å²) < 4.78 is 24.8. The van der Waals surface area contributed by atoms with E-state index >= 15 is 0 Å². The lowest BCUT2D eigenvalue weighted by atomic mass is 9.88. The van der Waals surface area contributed by atoms with E-state index in [1.54, 1.807) is 26.0 Å². The number of H-pyrrole nitrogens is 1. The van der Waals surface area contributed by atoms with Gasteiger partial charge in [0.25, 0.3) is 5.56 Å². The quantitative estimate of drug-likeness (QED) is 0.690. The maximum absolute atomic E-state index is 12.7. The van der Waals surface area contributed by atoms with Crippen LogP contribution in [0.2, 0.25) is 0 Å². The lowest BCUT2D eigenvalue weighted by Crippen LogP contribution is -2.38. The maximum atomic E-state index is 12.7. The van der Waals surface area contributed by atoms with Crippen molar-refractivity contribution in [2.24, 2.45) is 5.92 Å². The van der Waals surface area contributed by atoms with Crippen LogP contribution in [0.3, 0.4) is 0 Å². The molecule has 0 aliphatic rings. The highest BCUT2D eigenvalue weighted by Gasteiger charge is 2.28. The van der Waals surface area contributed by atoms with Crippen molar-refractivity contribution in [2.75, 3.05) is 6.26 Å². The Morgan fingerprint density at radius 2 is 1.68 bits per heavy atom. The monoisotopic (exact) mass is 398 g/mol. The first-order valence-electron chi connectivity index (χ1n) is 8.90. The minimum Gasteiger partial charge on any atom is -0.322 e. The zero-order valence-electron chi connectivity index (χ0n) is 15.9. The number of hydrogen-bond acceptors (Lipinski definition) is 4. The number of pyridine rings is 1. The molecule has 1 aromatic heterocycles. The number of aromatic nitrogens is 1. The smallest absolute Gasteiger partial charge is 0.252 e. The molecule has 0 saturated carbocycles. The molecule has 0 aliphatic heterocycles. The molecule has 0 spiro atoms. The van der Waals surface area contributed by atoms with Gasteiger partial charge in [0.05, 0.1) is 12.2 Å². The van der Waals surface area contributed by atoms with Crippen LogP contribution >= 0.6 is 0 Å². The summed E-state index contributed by atoms with van der Waals surface area (Å²) in [6.45, 7) is 3.53. The molecule has 1 atom stereocenters. The molecule has 6 nitrogen and oxygen atoms in total. The Morgan fingerprint density at radius 1 is 1.00 bits per heavy atom. The van der Waals surface area contributed by atoms with Crippen LogP contribution in [0.15, 0.2) is 59.4 Å². The minimum absolute atomic E-state index is 0.237. The molecular formula is C21H22N2O4S. The molecule has 7 heteroatoms. The zero-order valence-corrected chi connectivity index (χ0v) is 16.7. The number of amides is 1. The summed E-state index contributed by atoms with van der Waals surface area (Å²) in [5, 5.41) is 2.15. The highest BCUT2D eigenvalue weighted by molar-refractivity contribution is 7.89. The van der Waals surface area contributed by atoms with E-state index in [1.165, 1.54) is 0 Å². The van der Waals surface area contributed by atoms with Crippen molar-refractivity contribution in [2.45, 2.75) is 19.8 Å². The second-order valence-corrected chi connectivity index (χ2v) is 8.93. The SMILES string of the molecule is CC(C)C(C(=O)NS(C)(=O)=O)c1ccc(-c2ccc3ccccc3c2)[nH]c1=O. The number of fused-ring (bicyclic) bond motifs is 1. The van der Waals surface area contributed by atoms with Gasteiger partial charge in [-0.25, -0.2) is 8.42 Å². The van der Waals surface area contributed by atoms with Gasteiger partial charge >= 0.3 is 0 Å². The van der Waals surface area contributed by atoms with Crippen LogP contribution in [0.25, 0.3) is 22.0 Å². The van der Waals surface area contributed by atoms with E-state index in [9.17, 15) is 18.0 Å². The Bertz CT molecular complexity index is 1200. The molecule has 2 N–H and O–H groups in total. The fourth-order valence-corrected chi connectivity index (χ4v) is 3.80. The summed E-state index contributed by atoms with van der Waals surface area (Å²) in [5.74, 6) is -1.83. The predicted octanol–water partition coefficient (Wildman–Crippen LogP) is 3.01. The second kappa shape index (κ2) is 7.59. The van der Waals surface area contributed by atoms with Gasteiger partial charge in [-0.1, -0.05) is 56.3 Å². The van der Waals surface area contributed by atoms with Crippen molar-refractivity contribution in [3.63, 3.8) is 0 Å². The van der Waals surface area contributed by atoms with Crippen LogP contribution in [-0.2, 0) is 14.8 Å². The van der Waals surface area contributed by atoms with Crippen molar-refractivity contribution in [1.82, 2.24) is 9.71 Å². The van der Waals surface area contributed by atoms with E-state index in [2.05, 4.69) is 4.98 Å². The molecule has 0 fully saturated rings. The van der Waals surface area contributed by atoms with Crippen LogP contribution < -0.4 is 10.3 Å². The van der Waals surface area contributed by atoms with Crippen LogP contribution in [0, 0.1) is 5.92 Å². The van der Waals surface area contributed by atoms with Gasteiger partial charge in [-0.3, -0.25) is 14.3 Å². The third kappa shape index (κ3) is 4.31. The van der Waals surface area contributed by atoms with Crippen LogP contribution in [-0.4, -0.2) is 25.6 Å². The second-order valence-electron chi connectivity index (χ2n) is 7.18. The fourth-order valence-electron chi connectivity index (χ4n) is 3.30. The number of benzene rings is 2. The average molecular weight is 398 g/mol. The van der Waals surface area contributed by atoms with E-state index in [0.717, 1.165) is 22.6 Å². The third-order valence-corrected chi connectivity index (χ3v) is 5.14. The summed E-state index contributed by atoms with van der Waals surface area (Å²) in [6, 6.07) is 17.1. The molecule has 1 amide bonds. The van der Waals surface area contributed by atoms with E-state index in [-0.39, 0.29) is 11.5 Å². The molecule has 28 heavy (non-hydrogen) atoms. The molecule has 0 aliphatic carbocycles. The first kappa shape index (κ1) is 19.8. The van der Waals surface area contributed by atoms with Crippen molar-refractivity contribution < 1.29 is 13.2 Å². The number of hydrogen-bond donors (Lipinski definition) is 2. The average Bonchev–Trinajstić information content (AvgIpc) is 2.61. The standard InChI is InChI=1S/C21H22N2O4S/c1-13(2)19(21(25)23-28(3,26)27)17-10-11-18(22-20(17)24)16-9-8-14-6-4-5-7-15(14)12-16/h4-13,19H,1-3H3,(H,22,24)(H,23,25). The van der Waals surface area contributed by atoms with Crippen LogP contribution in [0.4, 0.5) is 0 Å². The van der Waals surface area contributed by atoms with E-state index in [0.29, 0.717) is 5.69 Å². The molecule has 1 heterocycles. The Kier molecular flexibility index (Phi) is 5.38. The minimum atomic E-state index is -3.71.